The van der Waals surface area contributed by atoms with Crippen LogP contribution in [0.25, 0.3) is 0 Å². The molecule has 1 atom stereocenters. The lowest BCUT2D eigenvalue weighted by Gasteiger charge is -2.27. The van der Waals surface area contributed by atoms with Crippen LogP contribution in [-0.4, -0.2) is 39.8 Å². The van der Waals surface area contributed by atoms with Gasteiger partial charge < -0.3 is 15.7 Å². The number of nitrogens with one attached hydrogen (secondary N) is 1. The van der Waals surface area contributed by atoms with Crippen molar-refractivity contribution in [2.75, 3.05) is 30.8 Å². The van der Waals surface area contributed by atoms with E-state index in [1.807, 2.05) is 4.90 Å². The highest BCUT2D eigenvalue weighted by molar-refractivity contribution is 7.89. The van der Waals surface area contributed by atoms with Gasteiger partial charge in [-0.05, 0) is 38.1 Å². The van der Waals surface area contributed by atoms with Crippen LogP contribution in [0.3, 0.4) is 0 Å². The molecule has 4 N–H and O–H groups in total. The van der Waals surface area contributed by atoms with Gasteiger partial charge in [0.2, 0.25) is 10.0 Å². The Morgan fingerprint density at radius 1 is 1.53 bits per heavy atom. The lowest BCUT2D eigenvalue weighted by atomic mass is 10.2. The number of sulfonamides is 1. The standard InChI is InChI=1S/C12H19N3O3S/c1-14-19(17,18)10-4-5-11(13)12(7-10)15-6-2-3-9(15)8-16/h4-5,7,9,14,16H,2-3,6,8,13H2,1H3. The molecule has 0 radical (unpaired) electrons. The first-order valence-electron chi connectivity index (χ1n) is 6.20. The molecule has 0 amide bonds. The highest BCUT2D eigenvalue weighted by Crippen LogP contribution is 2.32. The van der Waals surface area contributed by atoms with Crippen LogP contribution < -0.4 is 15.4 Å². The van der Waals surface area contributed by atoms with E-state index in [0.717, 1.165) is 19.4 Å². The van der Waals surface area contributed by atoms with Crippen molar-refractivity contribution < 1.29 is 13.5 Å². The first-order chi connectivity index (χ1) is 8.99. The van der Waals surface area contributed by atoms with Gasteiger partial charge in [-0.2, -0.15) is 0 Å². The molecule has 1 unspecified atom stereocenters. The zero-order valence-corrected chi connectivity index (χ0v) is 11.7. The van der Waals surface area contributed by atoms with E-state index in [4.69, 9.17) is 5.73 Å². The minimum Gasteiger partial charge on any atom is -0.397 e. The monoisotopic (exact) mass is 285 g/mol. The zero-order chi connectivity index (χ0) is 14.0. The van der Waals surface area contributed by atoms with E-state index in [-0.39, 0.29) is 17.5 Å². The lowest BCUT2D eigenvalue weighted by molar-refractivity contribution is 0.266. The Labute approximate surface area is 113 Å². The van der Waals surface area contributed by atoms with Gasteiger partial charge in [-0.3, -0.25) is 0 Å². The summed E-state index contributed by atoms with van der Waals surface area (Å²) in [6, 6.07) is 4.64. The maximum absolute atomic E-state index is 11.8. The fourth-order valence-electron chi connectivity index (χ4n) is 2.40. The van der Waals surface area contributed by atoms with Gasteiger partial charge in [0.15, 0.2) is 0 Å². The van der Waals surface area contributed by atoms with Crippen molar-refractivity contribution in [2.24, 2.45) is 0 Å². The van der Waals surface area contributed by atoms with Crippen LogP contribution in [0.15, 0.2) is 23.1 Å². The summed E-state index contributed by atoms with van der Waals surface area (Å²) >= 11 is 0. The largest absolute Gasteiger partial charge is 0.397 e. The fourth-order valence-corrected chi connectivity index (χ4v) is 3.15. The SMILES string of the molecule is CNS(=O)(=O)c1ccc(N)c(N2CCCC2CO)c1. The van der Waals surface area contributed by atoms with Crippen molar-refractivity contribution in [3.8, 4) is 0 Å². The van der Waals surface area contributed by atoms with E-state index >= 15 is 0 Å². The quantitative estimate of drug-likeness (QED) is 0.684. The molecule has 1 fully saturated rings. The van der Waals surface area contributed by atoms with Crippen molar-refractivity contribution >= 4 is 21.4 Å². The average molecular weight is 285 g/mol. The molecule has 6 nitrogen and oxygen atoms in total. The molecule has 1 aliphatic rings. The van der Waals surface area contributed by atoms with Gasteiger partial charge in [0.25, 0.3) is 0 Å². The summed E-state index contributed by atoms with van der Waals surface area (Å²) in [5.41, 5.74) is 7.13. The van der Waals surface area contributed by atoms with Gasteiger partial charge in [0, 0.05) is 6.54 Å². The maximum Gasteiger partial charge on any atom is 0.240 e. The van der Waals surface area contributed by atoms with Gasteiger partial charge in [-0.1, -0.05) is 0 Å². The molecule has 0 aromatic heterocycles. The number of anilines is 2. The molecule has 19 heavy (non-hydrogen) atoms. The lowest BCUT2D eigenvalue weighted by Crippen LogP contribution is -2.32. The molecular weight excluding hydrogens is 266 g/mol. The van der Waals surface area contributed by atoms with Crippen LogP contribution in [0.4, 0.5) is 11.4 Å². The number of hydrogen-bond acceptors (Lipinski definition) is 5. The third-order valence-corrected chi connectivity index (χ3v) is 4.89. The number of rotatable bonds is 4. The smallest absolute Gasteiger partial charge is 0.240 e. The van der Waals surface area contributed by atoms with Crippen LogP contribution in [0.2, 0.25) is 0 Å². The van der Waals surface area contributed by atoms with Crippen molar-refractivity contribution in [3.05, 3.63) is 18.2 Å². The van der Waals surface area contributed by atoms with Gasteiger partial charge in [-0.25, -0.2) is 13.1 Å². The van der Waals surface area contributed by atoms with Crippen LogP contribution in [0, 0.1) is 0 Å². The Bertz CT molecular complexity index is 559. The van der Waals surface area contributed by atoms with E-state index in [2.05, 4.69) is 4.72 Å². The fraction of sp³-hybridized carbons (Fsp3) is 0.500. The predicted octanol–water partition coefficient (Wildman–Crippen LogP) is 0.138. The number of aliphatic hydroxyl groups excluding tert-OH is 1. The average Bonchev–Trinajstić information content (AvgIpc) is 2.87. The Morgan fingerprint density at radius 2 is 2.26 bits per heavy atom. The highest BCUT2D eigenvalue weighted by Gasteiger charge is 2.26. The van der Waals surface area contributed by atoms with E-state index in [0.29, 0.717) is 11.4 Å². The molecule has 0 aliphatic carbocycles. The van der Waals surface area contributed by atoms with Crippen LogP contribution in [-0.2, 0) is 10.0 Å². The minimum absolute atomic E-state index is 0.00911. The predicted molar refractivity (Wildman–Crippen MR) is 74.6 cm³/mol. The number of benzene rings is 1. The number of nitrogens with two attached hydrogens (primary N) is 1. The Kier molecular flexibility index (Phi) is 3.98. The van der Waals surface area contributed by atoms with Crippen molar-refractivity contribution in [2.45, 2.75) is 23.8 Å². The molecule has 0 bridgehead atoms. The maximum atomic E-state index is 11.8. The van der Waals surface area contributed by atoms with Gasteiger partial charge in [0.05, 0.1) is 28.9 Å². The Morgan fingerprint density at radius 3 is 2.89 bits per heavy atom. The Hall–Kier alpha value is -1.31. The summed E-state index contributed by atoms with van der Waals surface area (Å²) in [4.78, 5) is 2.16. The molecular formula is C12H19N3O3S. The van der Waals surface area contributed by atoms with Crippen LogP contribution in [0.5, 0.6) is 0 Å². The molecule has 1 aromatic carbocycles. The number of hydrogen-bond donors (Lipinski definition) is 3. The van der Waals surface area contributed by atoms with E-state index in [1.54, 1.807) is 12.1 Å². The second-order valence-electron chi connectivity index (χ2n) is 4.60. The summed E-state index contributed by atoms with van der Waals surface area (Å²) in [7, 11) is -2.11. The molecule has 106 valence electrons. The third kappa shape index (κ3) is 2.68. The Balaban J connectivity index is 2.43. The molecule has 1 aliphatic heterocycles. The van der Waals surface area contributed by atoms with Crippen molar-refractivity contribution in [1.29, 1.82) is 0 Å². The molecule has 1 aromatic rings. The van der Waals surface area contributed by atoms with E-state index in [9.17, 15) is 13.5 Å². The molecule has 2 rings (SSSR count). The third-order valence-electron chi connectivity index (χ3n) is 3.48. The van der Waals surface area contributed by atoms with Crippen LogP contribution in [0.1, 0.15) is 12.8 Å². The first kappa shape index (κ1) is 14.1. The van der Waals surface area contributed by atoms with Crippen molar-refractivity contribution in [1.82, 2.24) is 4.72 Å². The van der Waals surface area contributed by atoms with E-state index in [1.165, 1.54) is 13.1 Å². The highest BCUT2D eigenvalue weighted by atomic mass is 32.2. The first-order valence-corrected chi connectivity index (χ1v) is 7.68. The second kappa shape index (κ2) is 5.36. The van der Waals surface area contributed by atoms with Gasteiger partial charge in [-0.15, -0.1) is 0 Å². The topological polar surface area (TPSA) is 95.7 Å². The summed E-state index contributed by atoms with van der Waals surface area (Å²) in [5, 5.41) is 9.35. The molecule has 1 saturated heterocycles. The van der Waals surface area contributed by atoms with E-state index < -0.39 is 10.0 Å². The zero-order valence-electron chi connectivity index (χ0n) is 10.8. The summed E-state index contributed by atoms with van der Waals surface area (Å²) in [5.74, 6) is 0. The molecule has 7 heteroatoms. The number of nitrogens with zero attached hydrogens (tertiary/aromatic N) is 1. The number of aliphatic hydroxyl groups is 1. The second-order valence-corrected chi connectivity index (χ2v) is 6.49. The molecule has 1 heterocycles. The summed E-state index contributed by atoms with van der Waals surface area (Å²) < 4.78 is 25.9. The molecule has 0 spiro atoms. The van der Waals surface area contributed by atoms with Crippen LogP contribution >= 0.6 is 0 Å². The number of nitrogen functional groups attached to an aromatic ring is 1. The van der Waals surface area contributed by atoms with Gasteiger partial charge in [0.1, 0.15) is 0 Å². The minimum atomic E-state index is -3.49. The van der Waals surface area contributed by atoms with Crippen molar-refractivity contribution in [3.63, 3.8) is 0 Å². The summed E-state index contributed by atoms with van der Waals surface area (Å²) in [6.07, 6.45) is 1.85. The normalized spacial score (nSPS) is 19.9. The summed E-state index contributed by atoms with van der Waals surface area (Å²) in [6.45, 7) is 0.820. The molecule has 0 saturated carbocycles. The van der Waals surface area contributed by atoms with Gasteiger partial charge >= 0.3 is 0 Å².